The monoisotopic (exact) mass is 346 g/mol. The number of benzene rings is 1. The van der Waals surface area contributed by atoms with Crippen molar-refractivity contribution in [3.05, 3.63) is 35.4 Å². The van der Waals surface area contributed by atoms with Crippen molar-refractivity contribution in [3.63, 3.8) is 0 Å². The second kappa shape index (κ2) is 7.97. The van der Waals surface area contributed by atoms with E-state index in [1.165, 1.54) is 6.42 Å². The van der Waals surface area contributed by atoms with Gasteiger partial charge in [0, 0.05) is 25.9 Å². The fourth-order valence-electron chi connectivity index (χ4n) is 3.33. The molecule has 3 rings (SSSR count). The molecular weight excluding hydrogens is 320 g/mol. The molecule has 1 spiro atoms. The number of ether oxygens (including phenoxy) is 2. The molecule has 136 valence electrons. The van der Waals surface area contributed by atoms with Crippen LogP contribution in [0.15, 0.2) is 24.3 Å². The summed E-state index contributed by atoms with van der Waals surface area (Å²) in [4.78, 5) is 23.8. The summed E-state index contributed by atoms with van der Waals surface area (Å²) in [5.74, 6) is -1.73. The van der Waals surface area contributed by atoms with Crippen LogP contribution in [0, 0.1) is 6.92 Å². The van der Waals surface area contributed by atoms with Crippen LogP contribution in [0.2, 0.25) is 0 Å². The van der Waals surface area contributed by atoms with Crippen LogP contribution < -0.4 is 10.6 Å². The maximum atomic E-state index is 11.9. The lowest BCUT2D eigenvalue weighted by Gasteiger charge is -2.31. The Balaban J connectivity index is 1.38. The van der Waals surface area contributed by atoms with Crippen LogP contribution in [0.1, 0.15) is 43.2 Å². The molecule has 1 aromatic carbocycles. The van der Waals surface area contributed by atoms with Gasteiger partial charge in [0.15, 0.2) is 5.79 Å². The zero-order valence-electron chi connectivity index (χ0n) is 14.7. The lowest BCUT2D eigenvalue weighted by atomic mass is 9.94. The summed E-state index contributed by atoms with van der Waals surface area (Å²) in [5, 5.41) is 5.26. The maximum Gasteiger partial charge on any atom is 0.309 e. The Bertz CT molecular complexity index is 608. The molecule has 25 heavy (non-hydrogen) atoms. The minimum absolute atomic E-state index is 0.188. The second-order valence-electron chi connectivity index (χ2n) is 6.90. The van der Waals surface area contributed by atoms with E-state index in [0.29, 0.717) is 19.7 Å². The fourth-order valence-corrected chi connectivity index (χ4v) is 3.33. The van der Waals surface area contributed by atoms with Crippen molar-refractivity contribution in [3.8, 4) is 0 Å². The van der Waals surface area contributed by atoms with E-state index in [4.69, 9.17) is 9.47 Å². The molecule has 2 amide bonds. The van der Waals surface area contributed by atoms with Gasteiger partial charge in [-0.15, -0.1) is 0 Å². The van der Waals surface area contributed by atoms with Crippen LogP contribution in [0.3, 0.4) is 0 Å². The van der Waals surface area contributed by atoms with Gasteiger partial charge in [-0.1, -0.05) is 36.2 Å². The van der Waals surface area contributed by atoms with E-state index in [2.05, 4.69) is 10.6 Å². The van der Waals surface area contributed by atoms with E-state index in [-0.39, 0.29) is 6.10 Å². The van der Waals surface area contributed by atoms with Crippen molar-refractivity contribution < 1.29 is 19.1 Å². The SMILES string of the molecule is Cc1ccc(CNC(=O)C(=O)NC[C@H]2COC3(CCCCC3)O2)cc1. The average Bonchev–Trinajstić information content (AvgIpc) is 3.02. The minimum atomic E-state index is -0.639. The first-order valence-electron chi connectivity index (χ1n) is 9.00. The summed E-state index contributed by atoms with van der Waals surface area (Å²) in [6.45, 7) is 3.09. The van der Waals surface area contributed by atoms with Crippen molar-refractivity contribution in [2.75, 3.05) is 13.2 Å². The Hall–Kier alpha value is -1.92. The third kappa shape index (κ3) is 4.80. The summed E-state index contributed by atoms with van der Waals surface area (Å²) >= 11 is 0. The Morgan fingerprint density at radius 2 is 1.76 bits per heavy atom. The summed E-state index contributed by atoms with van der Waals surface area (Å²) in [7, 11) is 0. The number of hydrogen-bond acceptors (Lipinski definition) is 4. The number of aryl methyl sites for hydroxylation is 1. The van der Waals surface area contributed by atoms with E-state index >= 15 is 0 Å². The molecule has 1 saturated heterocycles. The normalized spacial score (nSPS) is 21.9. The predicted molar refractivity (Wildman–Crippen MR) is 92.7 cm³/mol. The molecule has 2 aliphatic rings. The second-order valence-corrected chi connectivity index (χ2v) is 6.90. The van der Waals surface area contributed by atoms with Crippen LogP contribution in [0.4, 0.5) is 0 Å². The highest BCUT2D eigenvalue weighted by molar-refractivity contribution is 6.35. The first-order chi connectivity index (χ1) is 12.1. The lowest BCUT2D eigenvalue weighted by Crippen LogP contribution is -2.43. The minimum Gasteiger partial charge on any atom is -0.347 e. The number of carbonyl (C=O) groups is 2. The molecule has 1 aliphatic carbocycles. The summed E-state index contributed by atoms with van der Waals surface area (Å²) in [5.41, 5.74) is 2.11. The van der Waals surface area contributed by atoms with Crippen molar-refractivity contribution in [2.45, 2.75) is 57.5 Å². The van der Waals surface area contributed by atoms with E-state index in [0.717, 1.165) is 36.8 Å². The van der Waals surface area contributed by atoms with Gasteiger partial charge in [0.25, 0.3) is 0 Å². The van der Waals surface area contributed by atoms with Gasteiger partial charge in [0.1, 0.15) is 6.10 Å². The average molecular weight is 346 g/mol. The summed E-state index contributed by atoms with van der Waals surface area (Å²) < 4.78 is 11.8. The Labute approximate surface area is 148 Å². The zero-order valence-corrected chi connectivity index (χ0v) is 14.7. The molecule has 1 aliphatic heterocycles. The number of amides is 2. The smallest absolute Gasteiger partial charge is 0.309 e. The highest BCUT2D eigenvalue weighted by atomic mass is 16.7. The third-order valence-corrected chi connectivity index (χ3v) is 4.80. The zero-order chi connectivity index (χ0) is 17.7. The molecule has 0 aromatic heterocycles. The van der Waals surface area contributed by atoms with E-state index in [1.54, 1.807) is 0 Å². The van der Waals surface area contributed by atoms with Crippen LogP contribution in [-0.4, -0.2) is 36.9 Å². The Morgan fingerprint density at radius 1 is 1.08 bits per heavy atom. The fraction of sp³-hybridized carbons (Fsp3) is 0.579. The van der Waals surface area contributed by atoms with Crippen LogP contribution >= 0.6 is 0 Å². The first kappa shape index (κ1) is 17.9. The van der Waals surface area contributed by atoms with Gasteiger partial charge in [-0.2, -0.15) is 0 Å². The van der Waals surface area contributed by atoms with Gasteiger partial charge in [0.2, 0.25) is 0 Å². The maximum absolute atomic E-state index is 11.9. The number of carbonyl (C=O) groups excluding carboxylic acids is 2. The van der Waals surface area contributed by atoms with Gasteiger partial charge in [-0.25, -0.2) is 0 Å². The van der Waals surface area contributed by atoms with Gasteiger partial charge in [-0.05, 0) is 25.3 Å². The molecule has 0 bridgehead atoms. The number of nitrogens with one attached hydrogen (secondary N) is 2. The molecule has 0 unspecified atom stereocenters. The van der Waals surface area contributed by atoms with Gasteiger partial charge >= 0.3 is 11.8 Å². The van der Waals surface area contributed by atoms with E-state index in [1.807, 2.05) is 31.2 Å². The lowest BCUT2D eigenvalue weighted by molar-refractivity contribution is -0.186. The van der Waals surface area contributed by atoms with Crippen LogP contribution in [0.5, 0.6) is 0 Å². The van der Waals surface area contributed by atoms with Gasteiger partial charge in [0.05, 0.1) is 6.61 Å². The molecule has 2 fully saturated rings. The molecule has 1 saturated carbocycles. The van der Waals surface area contributed by atoms with Crippen LogP contribution in [-0.2, 0) is 25.6 Å². The Morgan fingerprint density at radius 3 is 2.48 bits per heavy atom. The van der Waals surface area contributed by atoms with Crippen molar-refractivity contribution >= 4 is 11.8 Å². The summed E-state index contributed by atoms with van der Waals surface area (Å²) in [6, 6.07) is 7.81. The standard InChI is InChI=1S/C19H26N2O4/c1-14-5-7-15(8-6-14)11-20-17(22)18(23)21-12-16-13-24-19(25-16)9-3-2-4-10-19/h5-8,16H,2-4,9-13H2,1H3,(H,20,22)(H,21,23)/t16-/m0/s1. The predicted octanol–water partition coefficient (Wildman–Crippen LogP) is 1.80. The molecule has 0 radical (unpaired) electrons. The largest absolute Gasteiger partial charge is 0.347 e. The summed E-state index contributed by atoms with van der Waals surface area (Å²) in [6.07, 6.45) is 5.08. The van der Waals surface area contributed by atoms with Crippen molar-refractivity contribution in [1.82, 2.24) is 10.6 Å². The molecular formula is C19H26N2O4. The molecule has 2 N–H and O–H groups in total. The number of rotatable bonds is 4. The molecule has 6 heteroatoms. The highest BCUT2D eigenvalue weighted by Crippen LogP contribution is 2.37. The van der Waals surface area contributed by atoms with Gasteiger partial charge < -0.3 is 20.1 Å². The topological polar surface area (TPSA) is 76.7 Å². The van der Waals surface area contributed by atoms with Crippen molar-refractivity contribution in [2.24, 2.45) is 0 Å². The first-order valence-corrected chi connectivity index (χ1v) is 9.00. The molecule has 1 heterocycles. The van der Waals surface area contributed by atoms with E-state index < -0.39 is 17.6 Å². The molecule has 1 atom stereocenters. The highest BCUT2D eigenvalue weighted by Gasteiger charge is 2.42. The van der Waals surface area contributed by atoms with Crippen LogP contribution in [0.25, 0.3) is 0 Å². The van der Waals surface area contributed by atoms with E-state index in [9.17, 15) is 9.59 Å². The Kier molecular flexibility index (Phi) is 5.71. The molecule has 1 aromatic rings. The third-order valence-electron chi connectivity index (χ3n) is 4.80. The number of hydrogen-bond donors (Lipinski definition) is 2. The molecule has 6 nitrogen and oxygen atoms in total. The van der Waals surface area contributed by atoms with Crippen molar-refractivity contribution in [1.29, 1.82) is 0 Å². The van der Waals surface area contributed by atoms with Gasteiger partial charge in [-0.3, -0.25) is 9.59 Å². The quantitative estimate of drug-likeness (QED) is 0.815.